The zero-order chi connectivity index (χ0) is 12.2. The summed E-state index contributed by atoms with van der Waals surface area (Å²) in [5.41, 5.74) is 0.560. The van der Waals surface area contributed by atoms with Crippen molar-refractivity contribution in [2.75, 3.05) is 7.11 Å². The molecule has 0 spiro atoms. The van der Waals surface area contributed by atoms with E-state index in [9.17, 15) is 5.11 Å². The zero-order valence-corrected chi connectivity index (χ0v) is 11.9. The molecule has 1 aromatic rings. The maximum Gasteiger partial charge on any atom is 0.275 e. The number of halogens is 2. The monoisotopic (exact) mass is 278 g/mol. The average molecular weight is 279 g/mol. The minimum Gasteiger partial charge on any atom is -0.497 e. The van der Waals surface area contributed by atoms with Crippen LogP contribution in [-0.4, -0.2) is 24.6 Å². The molecule has 0 aliphatic heterocycles. The zero-order valence-electron chi connectivity index (χ0n) is 9.41. The smallest absolute Gasteiger partial charge is 0.275 e. The Bertz CT molecular complexity index is 322. The first-order valence-electron chi connectivity index (χ1n) is 5.12. The molecule has 0 saturated heterocycles. The van der Waals surface area contributed by atoms with Crippen LogP contribution >= 0.6 is 22.2 Å². The maximum absolute atomic E-state index is 9.72. The van der Waals surface area contributed by atoms with Gasteiger partial charge in [0.1, 0.15) is 5.75 Å². The molecule has 0 aliphatic rings. The molecule has 1 unspecified atom stereocenters. The van der Waals surface area contributed by atoms with E-state index in [4.69, 9.17) is 26.9 Å². The van der Waals surface area contributed by atoms with Gasteiger partial charge >= 0.3 is 0 Å². The van der Waals surface area contributed by atoms with Crippen molar-refractivity contribution in [1.29, 1.82) is 0 Å². The molecule has 1 rings (SSSR count). The summed E-state index contributed by atoms with van der Waals surface area (Å²) < 4.78 is 5.06. The Labute approximate surface area is 107 Å². The van der Waals surface area contributed by atoms with Crippen LogP contribution < -0.4 is 4.74 Å². The van der Waals surface area contributed by atoms with Crippen LogP contribution in [0, 0.1) is 0 Å². The molecular weight excluding hydrogens is 263 g/mol. The lowest BCUT2D eigenvalue weighted by molar-refractivity contribution is 0.238. The Morgan fingerprint density at radius 1 is 1.31 bits per heavy atom. The van der Waals surface area contributed by atoms with Gasteiger partial charge in [0.2, 0.25) is 0 Å². The number of aliphatic hydroxyl groups is 1. The van der Waals surface area contributed by atoms with Crippen molar-refractivity contribution in [3.63, 3.8) is 0 Å². The van der Waals surface area contributed by atoms with Crippen molar-refractivity contribution in [2.45, 2.75) is 25.1 Å². The molecular formula is C11H16Cl2O2Si. The van der Waals surface area contributed by atoms with E-state index in [-0.39, 0.29) is 0 Å². The number of hydrogen-bond acceptors (Lipinski definition) is 2. The van der Waals surface area contributed by atoms with Gasteiger partial charge in [-0.15, -0.1) is 22.2 Å². The second-order valence-corrected chi connectivity index (χ2v) is 11.7. The third-order valence-corrected chi connectivity index (χ3v) is 5.42. The van der Waals surface area contributed by atoms with Gasteiger partial charge in [0.15, 0.2) is 0 Å². The summed E-state index contributed by atoms with van der Waals surface area (Å²) in [5, 5.41) is 9.72. The second-order valence-electron chi connectivity index (χ2n) is 3.86. The van der Waals surface area contributed by atoms with E-state index < -0.39 is 12.4 Å². The molecule has 1 aromatic carbocycles. The quantitative estimate of drug-likeness (QED) is 0.663. The Morgan fingerprint density at radius 3 is 2.31 bits per heavy atom. The van der Waals surface area contributed by atoms with E-state index >= 15 is 0 Å². The van der Waals surface area contributed by atoms with Gasteiger partial charge in [-0.05, 0) is 37.1 Å². The lowest BCUT2D eigenvalue weighted by atomic mass is 10.1. The van der Waals surface area contributed by atoms with Gasteiger partial charge in [0, 0.05) is 0 Å². The highest BCUT2D eigenvalue weighted by atomic mass is 35.7. The number of ether oxygens (including phenoxy) is 1. The van der Waals surface area contributed by atoms with Crippen molar-refractivity contribution in [3.8, 4) is 5.75 Å². The number of methoxy groups -OCH3 is 1. The predicted octanol–water partition coefficient (Wildman–Crippen LogP) is 3.08. The van der Waals surface area contributed by atoms with E-state index in [0.29, 0.717) is 6.42 Å². The largest absolute Gasteiger partial charge is 0.497 e. The first-order chi connectivity index (χ1) is 7.43. The van der Waals surface area contributed by atoms with Crippen LogP contribution in [0.2, 0.25) is 6.55 Å². The van der Waals surface area contributed by atoms with Gasteiger partial charge in [0.25, 0.3) is 6.69 Å². The topological polar surface area (TPSA) is 29.5 Å². The minimum absolute atomic E-state index is 0.585. The molecule has 2 nitrogen and oxygen atoms in total. The average Bonchev–Trinajstić information content (AvgIpc) is 2.25. The van der Waals surface area contributed by atoms with Crippen molar-refractivity contribution in [1.82, 2.24) is 0 Å². The van der Waals surface area contributed by atoms with Gasteiger partial charge in [-0.2, -0.15) is 0 Å². The Hall–Kier alpha value is -0.223. The lowest BCUT2D eigenvalue weighted by Crippen LogP contribution is -2.33. The number of aryl methyl sites for hydroxylation is 1. The minimum atomic E-state index is -2.46. The van der Waals surface area contributed by atoms with Crippen LogP contribution in [0.15, 0.2) is 24.3 Å². The van der Waals surface area contributed by atoms with Crippen molar-refractivity contribution < 1.29 is 9.84 Å². The molecule has 0 aromatic heterocycles. The second kappa shape index (κ2) is 5.91. The summed E-state index contributed by atoms with van der Waals surface area (Å²) in [6.45, 7) is -0.726. The summed E-state index contributed by atoms with van der Waals surface area (Å²) in [4.78, 5) is 0. The highest BCUT2D eigenvalue weighted by molar-refractivity contribution is 7.45. The van der Waals surface area contributed by atoms with Crippen LogP contribution in [0.3, 0.4) is 0 Å². The predicted molar refractivity (Wildman–Crippen MR) is 70.6 cm³/mol. The molecule has 0 bridgehead atoms. The van der Waals surface area contributed by atoms with Crippen LogP contribution in [-0.2, 0) is 6.42 Å². The van der Waals surface area contributed by atoms with E-state index in [1.165, 1.54) is 0 Å². The molecule has 0 heterocycles. The Kier molecular flexibility index (Phi) is 5.12. The number of benzene rings is 1. The molecule has 5 heteroatoms. The fourth-order valence-electron chi connectivity index (χ4n) is 1.35. The lowest BCUT2D eigenvalue weighted by Gasteiger charge is -2.18. The number of hydrogen-bond donors (Lipinski definition) is 1. The molecule has 90 valence electrons. The summed E-state index contributed by atoms with van der Waals surface area (Å²) >= 11 is 11.9. The first kappa shape index (κ1) is 13.8. The summed E-state index contributed by atoms with van der Waals surface area (Å²) in [7, 11) is 1.64. The van der Waals surface area contributed by atoms with Crippen LogP contribution in [0.1, 0.15) is 12.0 Å². The molecule has 0 amide bonds. The van der Waals surface area contributed by atoms with E-state index in [0.717, 1.165) is 17.7 Å². The van der Waals surface area contributed by atoms with Crippen molar-refractivity contribution in [2.24, 2.45) is 0 Å². The highest BCUT2D eigenvalue weighted by Gasteiger charge is 2.31. The molecule has 1 atom stereocenters. The van der Waals surface area contributed by atoms with Gasteiger partial charge < -0.3 is 9.84 Å². The summed E-state index contributed by atoms with van der Waals surface area (Å²) in [5.74, 6) is 0.832. The molecule has 0 radical (unpaired) electrons. The Morgan fingerprint density at radius 2 is 1.88 bits per heavy atom. The van der Waals surface area contributed by atoms with Crippen molar-refractivity contribution >= 4 is 28.9 Å². The molecule has 16 heavy (non-hydrogen) atoms. The maximum atomic E-state index is 9.72. The molecule has 0 saturated carbocycles. The van der Waals surface area contributed by atoms with Gasteiger partial charge in [0.05, 0.1) is 12.8 Å². The number of aliphatic hydroxyl groups excluding tert-OH is 1. The highest BCUT2D eigenvalue weighted by Crippen LogP contribution is 2.22. The fraction of sp³-hybridized carbons (Fsp3) is 0.455. The van der Waals surface area contributed by atoms with Crippen LogP contribution in [0.4, 0.5) is 0 Å². The van der Waals surface area contributed by atoms with E-state index in [2.05, 4.69) is 0 Å². The molecule has 0 aliphatic carbocycles. The van der Waals surface area contributed by atoms with Crippen molar-refractivity contribution in [3.05, 3.63) is 29.8 Å². The van der Waals surface area contributed by atoms with Crippen LogP contribution in [0.5, 0.6) is 5.75 Å². The molecule has 0 fully saturated rings. The summed E-state index contributed by atoms with van der Waals surface area (Å²) in [6.07, 6.45) is 1.37. The van der Waals surface area contributed by atoms with Crippen LogP contribution in [0.25, 0.3) is 0 Å². The first-order valence-corrected chi connectivity index (χ1v) is 9.72. The van der Waals surface area contributed by atoms with Gasteiger partial charge in [-0.1, -0.05) is 12.1 Å². The third kappa shape index (κ3) is 4.34. The van der Waals surface area contributed by atoms with E-state index in [1.54, 1.807) is 13.7 Å². The Balaban J connectivity index is 2.48. The van der Waals surface area contributed by atoms with Gasteiger partial charge in [-0.25, -0.2) is 0 Å². The SMILES string of the molecule is COc1ccc(CCC(O)[Si](C)(Cl)Cl)cc1. The normalized spacial score (nSPS) is 13.6. The molecule has 1 N–H and O–H groups in total. The van der Waals surface area contributed by atoms with E-state index in [1.807, 2.05) is 24.3 Å². The number of rotatable bonds is 5. The van der Waals surface area contributed by atoms with Gasteiger partial charge in [-0.3, -0.25) is 0 Å². The summed E-state index contributed by atoms with van der Waals surface area (Å²) in [6, 6.07) is 7.76. The third-order valence-electron chi connectivity index (χ3n) is 2.45. The standard InChI is InChI=1S/C11H16Cl2O2Si/c1-15-10-6-3-9(4-7-10)5-8-11(14)16(2,12)13/h3-4,6-7,11,14H,5,8H2,1-2H3. The fourth-order valence-corrected chi connectivity index (χ4v) is 2.65.